The van der Waals surface area contributed by atoms with E-state index in [1.807, 2.05) is 26.0 Å². The third-order valence-electron chi connectivity index (χ3n) is 4.81. The van der Waals surface area contributed by atoms with E-state index in [4.69, 9.17) is 14.6 Å². The highest BCUT2D eigenvalue weighted by atomic mass is 16.6. The average molecular weight is 374 g/mol. The van der Waals surface area contributed by atoms with Gasteiger partial charge in [0.05, 0.1) is 11.8 Å². The zero-order valence-corrected chi connectivity index (χ0v) is 16.2. The number of ether oxygens (including phenoxy) is 2. The van der Waals surface area contributed by atoms with Crippen LogP contribution < -0.4 is 0 Å². The van der Waals surface area contributed by atoms with Gasteiger partial charge < -0.3 is 14.6 Å². The second-order valence-corrected chi connectivity index (χ2v) is 7.09. The number of rotatable bonds is 4. The third kappa shape index (κ3) is 5.26. The molecule has 1 aliphatic carbocycles. The Bertz CT molecular complexity index is 753. The van der Waals surface area contributed by atoms with E-state index in [2.05, 4.69) is 0 Å². The molecular formula is C21H26O6. The van der Waals surface area contributed by atoms with Crippen LogP contribution in [0.15, 0.2) is 46.8 Å². The second kappa shape index (κ2) is 8.95. The minimum absolute atomic E-state index is 0.106. The Balaban J connectivity index is 2.39. The van der Waals surface area contributed by atoms with E-state index in [-0.39, 0.29) is 11.5 Å². The first kappa shape index (κ1) is 20.8. The van der Waals surface area contributed by atoms with Gasteiger partial charge in [0.2, 0.25) is 0 Å². The normalized spacial score (nSPS) is 32.0. The molecule has 27 heavy (non-hydrogen) atoms. The van der Waals surface area contributed by atoms with Crippen molar-refractivity contribution in [2.45, 2.75) is 46.6 Å². The maximum atomic E-state index is 12.3. The number of fused-ring (bicyclic) bond motifs is 1. The fourth-order valence-electron chi connectivity index (χ4n) is 3.19. The lowest BCUT2D eigenvalue weighted by atomic mass is 9.87. The van der Waals surface area contributed by atoms with Crippen molar-refractivity contribution in [2.24, 2.45) is 11.8 Å². The zero-order chi connectivity index (χ0) is 20.1. The topological polar surface area (TPSA) is 89.9 Å². The Hall–Kier alpha value is -2.47. The van der Waals surface area contributed by atoms with Crippen molar-refractivity contribution in [3.8, 4) is 0 Å². The summed E-state index contributed by atoms with van der Waals surface area (Å²) in [4.78, 5) is 35.9. The molecule has 0 aromatic carbocycles. The molecule has 0 aromatic rings. The molecular weight excluding hydrogens is 348 g/mol. The van der Waals surface area contributed by atoms with Gasteiger partial charge in [0.1, 0.15) is 18.5 Å². The summed E-state index contributed by atoms with van der Waals surface area (Å²) in [7, 11) is 0. The van der Waals surface area contributed by atoms with Crippen LogP contribution in [0, 0.1) is 11.8 Å². The molecule has 1 aliphatic heterocycles. The highest BCUT2D eigenvalue weighted by Crippen LogP contribution is 2.37. The van der Waals surface area contributed by atoms with E-state index in [0.717, 1.165) is 30.1 Å². The molecule has 2 aliphatic rings. The first-order chi connectivity index (χ1) is 12.7. The molecule has 0 bridgehead atoms. The summed E-state index contributed by atoms with van der Waals surface area (Å²) in [6.45, 7) is 6.41. The highest BCUT2D eigenvalue weighted by molar-refractivity contribution is 6.01. The SMILES string of the molecule is C/C(=C/C(=O)O/C1=C/C(C)=C/CC/C(C)=C/[C@H]2OC(=O)[C@@H](C)[C@H]12)C(=O)CO. The van der Waals surface area contributed by atoms with Crippen molar-refractivity contribution in [1.82, 2.24) is 0 Å². The quantitative estimate of drug-likeness (QED) is 0.462. The van der Waals surface area contributed by atoms with Crippen LogP contribution in [0.1, 0.15) is 40.5 Å². The van der Waals surface area contributed by atoms with Crippen LogP contribution in [0.3, 0.4) is 0 Å². The van der Waals surface area contributed by atoms with Crippen LogP contribution in [0.4, 0.5) is 0 Å². The Morgan fingerprint density at radius 3 is 2.74 bits per heavy atom. The molecule has 6 heteroatoms. The lowest BCUT2D eigenvalue weighted by Gasteiger charge is -2.21. The number of hydrogen-bond acceptors (Lipinski definition) is 6. The Labute approximate surface area is 159 Å². The van der Waals surface area contributed by atoms with E-state index < -0.39 is 36.3 Å². The summed E-state index contributed by atoms with van der Waals surface area (Å²) < 4.78 is 11.0. The number of aliphatic hydroxyl groups is 1. The Morgan fingerprint density at radius 1 is 1.37 bits per heavy atom. The molecule has 1 fully saturated rings. The number of hydrogen-bond donors (Lipinski definition) is 1. The van der Waals surface area contributed by atoms with Crippen molar-refractivity contribution in [1.29, 1.82) is 0 Å². The summed E-state index contributed by atoms with van der Waals surface area (Å²) >= 11 is 0. The van der Waals surface area contributed by atoms with E-state index in [1.165, 1.54) is 6.92 Å². The first-order valence-corrected chi connectivity index (χ1v) is 9.03. The van der Waals surface area contributed by atoms with Crippen molar-refractivity contribution < 1.29 is 29.0 Å². The monoisotopic (exact) mass is 374 g/mol. The summed E-state index contributed by atoms with van der Waals surface area (Å²) in [6.07, 6.45) is 7.96. The molecule has 0 aromatic heterocycles. The summed E-state index contributed by atoms with van der Waals surface area (Å²) in [5.41, 5.74) is 2.13. The Kier molecular flexibility index (Phi) is 6.91. The molecule has 6 nitrogen and oxygen atoms in total. The van der Waals surface area contributed by atoms with Crippen LogP contribution in [-0.4, -0.2) is 35.5 Å². The van der Waals surface area contributed by atoms with Crippen LogP contribution in [0.5, 0.6) is 0 Å². The smallest absolute Gasteiger partial charge is 0.336 e. The molecule has 2 rings (SSSR count). The molecule has 0 saturated carbocycles. The first-order valence-electron chi connectivity index (χ1n) is 9.03. The van der Waals surface area contributed by atoms with Crippen LogP contribution >= 0.6 is 0 Å². The van der Waals surface area contributed by atoms with E-state index in [1.54, 1.807) is 13.0 Å². The fraction of sp³-hybridized carbons (Fsp3) is 0.476. The highest BCUT2D eigenvalue weighted by Gasteiger charge is 2.44. The van der Waals surface area contributed by atoms with Crippen molar-refractivity contribution in [3.05, 3.63) is 46.8 Å². The predicted molar refractivity (Wildman–Crippen MR) is 99.3 cm³/mol. The molecule has 0 spiro atoms. The molecule has 1 saturated heterocycles. The van der Waals surface area contributed by atoms with Gasteiger partial charge in [0.15, 0.2) is 5.78 Å². The number of esters is 2. The lowest BCUT2D eigenvalue weighted by Crippen LogP contribution is -2.24. The van der Waals surface area contributed by atoms with Gasteiger partial charge in [-0.25, -0.2) is 4.79 Å². The zero-order valence-electron chi connectivity index (χ0n) is 16.2. The number of ketones is 1. The average Bonchev–Trinajstić information content (AvgIpc) is 2.86. The van der Waals surface area contributed by atoms with Gasteiger partial charge in [-0.15, -0.1) is 0 Å². The van der Waals surface area contributed by atoms with Crippen molar-refractivity contribution in [3.63, 3.8) is 0 Å². The van der Waals surface area contributed by atoms with Gasteiger partial charge >= 0.3 is 11.9 Å². The van der Waals surface area contributed by atoms with Crippen LogP contribution in [-0.2, 0) is 23.9 Å². The van der Waals surface area contributed by atoms with Gasteiger partial charge in [-0.2, -0.15) is 0 Å². The molecule has 1 N–H and O–H groups in total. The standard InChI is InChI=1S/C21H26O6/c1-12-6-5-7-13(2)9-18-20(15(4)21(25)27-18)17(8-12)26-19(24)10-14(3)16(23)11-22/h6,8-10,15,18,20,22H,5,7,11H2,1-4H3/b12-6+,13-9+,14-10-,17-8+/t15-,18+,20+/m0/s1. The van der Waals surface area contributed by atoms with Gasteiger partial charge in [-0.3, -0.25) is 9.59 Å². The minimum atomic E-state index is -0.726. The molecule has 0 unspecified atom stereocenters. The second-order valence-electron chi connectivity index (χ2n) is 7.09. The van der Waals surface area contributed by atoms with Crippen LogP contribution in [0.2, 0.25) is 0 Å². The van der Waals surface area contributed by atoms with Crippen molar-refractivity contribution in [2.75, 3.05) is 6.61 Å². The summed E-state index contributed by atoms with van der Waals surface area (Å²) in [6, 6.07) is 0. The molecule has 146 valence electrons. The van der Waals surface area contributed by atoms with Crippen molar-refractivity contribution >= 4 is 17.7 Å². The van der Waals surface area contributed by atoms with Gasteiger partial charge in [-0.1, -0.05) is 24.1 Å². The maximum Gasteiger partial charge on any atom is 0.336 e. The number of Topliss-reactive ketones (excluding diaryl/α,β-unsaturated/α-hetero) is 1. The number of carbonyl (C=O) groups is 3. The largest absolute Gasteiger partial charge is 0.457 e. The molecule has 3 atom stereocenters. The van der Waals surface area contributed by atoms with E-state index in [9.17, 15) is 14.4 Å². The maximum absolute atomic E-state index is 12.3. The van der Waals surface area contributed by atoms with Gasteiger partial charge in [0.25, 0.3) is 0 Å². The van der Waals surface area contributed by atoms with E-state index >= 15 is 0 Å². The fourth-order valence-corrected chi connectivity index (χ4v) is 3.19. The van der Waals surface area contributed by atoms with Gasteiger partial charge in [-0.05, 0) is 45.8 Å². The summed E-state index contributed by atoms with van der Waals surface area (Å²) in [5, 5.41) is 8.89. The summed E-state index contributed by atoms with van der Waals surface area (Å²) in [5.74, 6) is -2.17. The Morgan fingerprint density at radius 2 is 2.07 bits per heavy atom. The van der Waals surface area contributed by atoms with E-state index in [0.29, 0.717) is 5.76 Å². The number of aliphatic hydroxyl groups excluding tert-OH is 1. The lowest BCUT2D eigenvalue weighted by molar-refractivity contribution is -0.142. The minimum Gasteiger partial charge on any atom is -0.457 e. The van der Waals surface area contributed by atoms with Crippen LogP contribution in [0.25, 0.3) is 0 Å². The number of carbonyl (C=O) groups excluding carboxylic acids is 3. The molecule has 0 amide bonds. The van der Waals surface area contributed by atoms with Gasteiger partial charge in [0, 0.05) is 11.6 Å². The predicted octanol–water partition coefficient (Wildman–Crippen LogP) is 2.79. The number of allylic oxidation sites excluding steroid dienone is 4. The molecule has 1 heterocycles. The third-order valence-corrected chi connectivity index (χ3v) is 4.81. The molecule has 0 radical (unpaired) electrons.